The van der Waals surface area contributed by atoms with Crippen LogP contribution in [0.3, 0.4) is 0 Å². The van der Waals surface area contributed by atoms with Gasteiger partial charge < -0.3 is 25.8 Å². The van der Waals surface area contributed by atoms with Crippen molar-refractivity contribution in [2.75, 3.05) is 30.0 Å². The topological polar surface area (TPSA) is 181 Å². The zero-order chi connectivity index (χ0) is 39.2. The first-order valence-electron chi connectivity index (χ1n) is 16.4. The smallest absolute Gasteiger partial charge is 0.475 e. The predicted octanol–water partition coefficient (Wildman–Crippen LogP) is 7.03. The van der Waals surface area contributed by atoms with Gasteiger partial charge in [-0.3, -0.25) is 10.1 Å². The van der Waals surface area contributed by atoms with Gasteiger partial charge in [0, 0.05) is 35.1 Å². The summed E-state index contributed by atoms with van der Waals surface area (Å²) in [4.78, 5) is 41.4. The van der Waals surface area contributed by atoms with Gasteiger partial charge in [-0.1, -0.05) is 19.1 Å². The molecule has 2 amide bonds. The highest BCUT2D eigenvalue weighted by Gasteiger charge is 2.39. The van der Waals surface area contributed by atoms with Crippen molar-refractivity contribution in [1.82, 2.24) is 9.88 Å². The van der Waals surface area contributed by atoms with Crippen LogP contribution in [0.5, 0.6) is 0 Å². The average Bonchev–Trinajstić information content (AvgIpc) is 3.60. The fraction of sp³-hybridized carbons (Fsp3) is 0.333. The van der Waals surface area contributed by atoms with Crippen LogP contribution in [0.25, 0.3) is 10.8 Å². The number of benzene rings is 3. The van der Waals surface area contributed by atoms with E-state index in [4.69, 9.17) is 20.4 Å². The lowest BCUT2D eigenvalue weighted by Crippen LogP contribution is -2.38. The summed E-state index contributed by atoms with van der Waals surface area (Å²) in [7, 11) is -2.55. The summed E-state index contributed by atoms with van der Waals surface area (Å²) in [6.45, 7) is 5.46. The molecule has 5 rings (SSSR count). The second-order valence-electron chi connectivity index (χ2n) is 12.4. The third kappa shape index (κ3) is 9.32. The number of sulfone groups is 1. The number of carboxylic acid groups (broad SMARTS) is 1. The minimum absolute atomic E-state index is 0.0759. The molecular formula is C36H39F4N5O7S. The van der Waals surface area contributed by atoms with Crippen LogP contribution in [0.15, 0.2) is 71.8 Å². The van der Waals surface area contributed by atoms with Crippen LogP contribution in [0.4, 0.5) is 39.5 Å². The Morgan fingerprint density at radius 1 is 1.06 bits per heavy atom. The van der Waals surface area contributed by atoms with Crippen LogP contribution in [0.1, 0.15) is 62.4 Å². The SMILES string of the molecule is CCc1ccc(F)c([C@H](Nc2ccc3c(N)nccc3c2)C(=O)N2CCC[C@@H]2c2cc(NC(=O)OC)ccc2S(=O)(=O)C(C)C)c1.O=C(O)C(F)(F)F. The lowest BCUT2D eigenvalue weighted by Gasteiger charge is -2.32. The molecule has 3 aromatic carbocycles. The van der Waals surface area contributed by atoms with Gasteiger partial charge in [-0.2, -0.15) is 13.2 Å². The average molecular weight is 762 g/mol. The van der Waals surface area contributed by atoms with Crippen LogP contribution in [-0.2, 0) is 30.6 Å². The number of pyridine rings is 1. The van der Waals surface area contributed by atoms with Gasteiger partial charge in [-0.25, -0.2) is 27.4 Å². The quantitative estimate of drug-likeness (QED) is 0.129. The van der Waals surface area contributed by atoms with Crippen molar-refractivity contribution in [1.29, 1.82) is 0 Å². The number of aryl methyl sites for hydroxylation is 1. The third-order valence-electron chi connectivity index (χ3n) is 8.64. The molecule has 284 valence electrons. The molecule has 1 aliphatic rings. The van der Waals surface area contributed by atoms with E-state index in [0.717, 1.165) is 16.3 Å². The number of hydrogen-bond donors (Lipinski definition) is 4. The van der Waals surface area contributed by atoms with Gasteiger partial charge in [0.1, 0.15) is 17.7 Å². The lowest BCUT2D eigenvalue weighted by molar-refractivity contribution is -0.192. The van der Waals surface area contributed by atoms with Crippen LogP contribution in [0, 0.1) is 5.82 Å². The molecule has 1 aliphatic heterocycles. The molecule has 53 heavy (non-hydrogen) atoms. The minimum Gasteiger partial charge on any atom is -0.475 e. The van der Waals surface area contributed by atoms with E-state index in [2.05, 4.69) is 15.6 Å². The number of amides is 2. The zero-order valence-corrected chi connectivity index (χ0v) is 30.0. The van der Waals surface area contributed by atoms with Gasteiger partial charge in [0.25, 0.3) is 0 Å². The molecule has 0 spiro atoms. The molecule has 5 N–H and O–H groups in total. The molecule has 1 fully saturated rings. The van der Waals surface area contributed by atoms with E-state index in [1.165, 1.54) is 25.3 Å². The summed E-state index contributed by atoms with van der Waals surface area (Å²) < 4.78 is 79.1. The Hall–Kier alpha value is -5.45. The van der Waals surface area contributed by atoms with E-state index < -0.39 is 57.1 Å². The molecule has 4 aromatic rings. The number of hydrogen-bond acceptors (Lipinski definition) is 9. The van der Waals surface area contributed by atoms with Crippen LogP contribution in [-0.4, -0.2) is 66.5 Å². The fourth-order valence-corrected chi connectivity index (χ4v) is 7.14. The molecule has 0 bridgehead atoms. The molecule has 17 heteroatoms. The molecule has 0 saturated carbocycles. The van der Waals surface area contributed by atoms with Gasteiger partial charge in [0.15, 0.2) is 9.84 Å². The first-order chi connectivity index (χ1) is 24.9. The van der Waals surface area contributed by atoms with E-state index >= 15 is 4.39 Å². The van der Waals surface area contributed by atoms with Gasteiger partial charge in [-0.15, -0.1) is 0 Å². The number of methoxy groups -OCH3 is 1. The van der Waals surface area contributed by atoms with Crippen LogP contribution >= 0.6 is 0 Å². The second kappa shape index (κ2) is 16.5. The number of rotatable bonds is 9. The van der Waals surface area contributed by atoms with Gasteiger partial charge in [0.05, 0.1) is 23.3 Å². The number of anilines is 3. The maximum atomic E-state index is 15.6. The lowest BCUT2D eigenvalue weighted by atomic mass is 9.98. The number of nitrogens with two attached hydrogens (primary N) is 1. The molecule has 0 unspecified atom stereocenters. The van der Waals surface area contributed by atoms with E-state index in [-0.39, 0.29) is 10.5 Å². The van der Waals surface area contributed by atoms with Gasteiger partial charge >= 0.3 is 18.2 Å². The Morgan fingerprint density at radius 2 is 1.74 bits per heavy atom. The Balaban J connectivity index is 0.000000815. The Bertz CT molecular complexity index is 2110. The van der Waals surface area contributed by atoms with E-state index in [1.54, 1.807) is 61.3 Å². The largest absolute Gasteiger partial charge is 0.490 e. The van der Waals surface area contributed by atoms with Crippen molar-refractivity contribution in [3.05, 3.63) is 89.4 Å². The number of ether oxygens (including phenoxy) is 1. The Morgan fingerprint density at radius 3 is 2.36 bits per heavy atom. The van der Waals surface area contributed by atoms with Gasteiger partial charge in [0.2, 0.25) is 5.91 Å². The number of halogens is 4. The van der Waals surface area contributed by atoms with Crippen molar-refractivity contribution >= 4 is 55.8 Å². The fourth-order valence-electron chi connectivity index (χ4n) is 5.85. The van der Waals surface area contributed by atoms with E-state index in [1.807, 2.05) is 13.0 Å². The van der Waals surface area contributed by atoms with Crippen molar-refractivity contribution in [2.45, 2.75) is 68.4 Å². The third-order valence-corrected chi connectivity index (χ3v) is 10.9. The minimum atomic E-state index is -5.08. The molecule has 1 aromatic heterocycles. The first-order valence-corrected chi connectivity index (χ1v) is 18.0. The van der Waals surface area contributed by atoms with Crippen molar-refractivity contribution in [3.63, 3.8) is 0 Å². The maximum Gasteiger partial charge on any atom is 0.490 e. The molecular weight excluding hydrogens is 722 g/mol. The summed E-state index contributed by atoms with van der Waals surface area (Å²) in [6.07, 6.45) is -2.50. The number of aromatic nitrogens is 1. The summed E-state index contributed by atoms with van der Waals surface area (Å²) in [5.74, 6) is -3.34. The Kier molecular flexibility index (Phi) is 12.5. The maximum absolute atomic E-state index is 15.6. The highest BCUT2D eigenvalue weighted by atomic mass is 32.2. The molecule has 2 atom stereocenters. The van der Waals surface area contributed by atoms with Gasteiger partial charge in [-0.05, 0) is 98.2 Å². The molecule has 0 radical (unpaired) electrons. The number of alkyl halides is 3. The van der Waals surface area contributed by atoms with E-state index in [9.17, 15) is 31.2 Å². The second-order valence-corrected chi connectivity index (χ2v) is 14.8. The van der Waals surface area contributed by atoms with Crippen molar-refractivity contribution < 1.29 is 50.2 Å². The van der Waals surface area contributed by atoms with E-state index in [0.29, 0.717) is 48.6 Å². The summed E-state index contributed by atoms with van der Waals surface area (Å²) >= 11 is 0. The number of fused-ring (bicyclic) bond motifs is 1. The molecule has 12 nitrogen and oxygen atoms in total. The number of nitrogen functional groups attached to an aromatic ring is 1. The van der Waals surface area contributed by atoms with Crippen molar-refractivity contribution in [2.24, 2.45) is 0 Å². The number of carbonyl (C=O) groups is 3. The number of nitrogens with zero attached hydrogens (tertiary/aromatic N) is 2. The Labute approximate surface area is 303 Å². The monoisotopic (exact) mass is 761 g/mol. The predicted molar refractivity (Wildman–Crippen MR) is 190 cm³/mol. The summed E-state index contributed by atoms with van der Waals surface area (Å²) in [5, 5.41) is 13.8. The highest BCUT2D eigenvalue weighted by molar-refractivity contribution is 7.92. The number of aliphatic carboxylic acids is 1. The summed E-state index contributed by atoms with van der Waals surface area (Å²) in [6, 6.07) is 14.7. The first kappa shape index (κ1) is 40.3. The van der Waals surface area contributed by atoms with Crippen LogP contribution < -0.4 is 16.4 Å². The molecule has 0 aliphatic carbocycles. The standard InChI is InChI=1S/C34H38FN5O5S.C2HF3O2/c1-5-21-8-12-28(35)26(17-21)31(38-23-9-11-25-22(18-23)14-15-37-32(25)36)33(41)40-16-6-7-29(40)27-19-24(39-34(42)45-4)10-13-30(27)46(43,44)20(2)3;3-2(4,5)1(6)7/h8-15,17-20,29,31,38H,5-7,16H2,1-4H3,(H2,36,37)(H,39,42);(H,6,7)/t29-,31+;/m1./s1. The van der Waals surface area contributed by atoms with Crippen LogP contribution in [0.2, 0.25) is 0 Å². The number of nitrogens with one attached hydrogen (secondary N) is 2. The number of likely N-dealkylation sites (tertiary alicyclic amines) is 1. The molecule has 1 saturated heterocycles. The van der Waals surface area contributed by atoms with Crippen molar-refractivity contribution in [3.8, 4) is 0 Å². The normalized spacial score (nSPS) is 15.0. The number of carboxylic acids is 1. The molecule has 2 heterocycles. The summed E-state index contributed by atoms with van der Waals surface area (Å²) in [5.41, 5.74) is 8.36. The zero-order valence-electron chi connectivity index (χ0n) is 29.2. The highest BCUT2D eigenvalue weighted by Crippen LogP contribution is 2.40. The number of carbonyl (C=O) groups excluding carboxylic acids is 2.